The minimum Gasteiger partial charge on any atom is -0.492 e. The molecule has 8 nitrogen and oxygen atoms in total. The summed E-state index contributed by atoms with van der Waals surface area (Å²) in [5.74, 6) is 1.74. The van der Waals surface area contributed by atoms with Gasteiger partial charge in [0, 0.05) is 42.2 Å². The highest BCUT2D eigenvalue weighted by Crippen LogP contribution is 2.38. The van der Waals surface area contributed by atoms with Crippen molar-refractivity contribution in [1.82, 2.24) is 9.47 Å². The maximum Gasteiger partial charge on any atom is 0.323 e. The van der Waals surface area contributed by atoms with E-state index in [0.29, 0.717) is 30.2 Å². The molecule has 1 saturated heterocycles. The van der Waals surface area contributed by atoms with Gasteiger partial charge in [-0.05, 0) is 87.4 Å². The predicted molar refractivity (Wildman–Crippen MR) is 190 cm³/mol. The lowest BCUT2D eigenvalue weighted by molar-refractivity contribution is 0.182. The van der Waals surface area contributed by atoms with Crippen molar-refractivity contribution in [2.45, 2.75) is 105 Å². The molecule has 2 aromatic carbocycles. The van der Waals surface area contributed by atoms with Crippen LogP contribution >= 0.6 is 0 Å². The summed E-state index contributed by atoms with van der Waals surface area (Å²) in [6.45, 7) is 18.8. The van der Waals surface area contributed by atoms with Gasteiger partial charge in [0.05, 0.1) is 6.10 Å². The van der Waals surface area contributed by atoms with Gasteiger partial charge < -0.3 is 24.7 Å². The second-order valence-corrected chi connectivity index (χ2v) is 13.2. The Hall–Kier alpha value is -3.78. The number of anilines is 2. The lowest BCUT2D eigenvalue weighted by atomic mass is 9.93. The smallest absolute Gasteiger partial charge is 0.323 e. The number of piperidine rings is 1. The third kappa shape index (κ3) is 9.15. The van der Waals surface area contributed by atoms with Gasteiger partial charge in [0.25, 0.3) is 5.56 Å². The lowest BCUT2D eigenvalue weighted by Crippen LogP contribution is -2.33. The molecule has 0 saturated carbocycles. The summed E-state index contributed by atoms with van der Waals surface area (Å²) < 4.78 is 14.1. The first-order chi connectivity index (χ1) is 22.1. The SMILES string of the molecule is CCCCn1ccc(-c2ccc(OCCN3CCCCC3)cc2OC(C)C)c(NC(=O)Nc2c(C(C)C)cccc2C(C)C)c1=O. The second kappa shape index (κ2) is 16.7. The van der Waals surface area contributed by atoms with Gasteiger partial charge in [-0.15, -0.1) is 0 Å². The van der Waals surface area contributed by atoms with Gasteiger partial charge in [0.1, 0.15) is 23.8 Å². The Morgan fingerprint density at radius 2 is 1.52 bits per heavy atom. The van der Waals surface area contributed by atoms with Crippen LogP contribution in [-0.4, -0.2) is 47.8 Å². The van der Waals surface area contributed by atoms with Crippen LogP contribution in [0.15, 0.2) is 53.5 Å². The first-order valence-corrected chi connectivity index (χ1v) is 17.2. The molecule has 0 bridgehead atoms. The summed E-state index contributed by atoms with van der Waals surface area (Å²) >= 11 is 0. The van der Waals surface area contributed by atoms with E-state index in [1.807, 2.05) is 62.5 Å². The molecule has 2 amide bonds. The highest BCUT2D eigenvalue weighted by atomic mass is 16.5. The summed E-state index contributed by atoms with van der Waals surface area (Å²) in [7, 11) is 0. The Labute approximate surface area is 275 Å². The summed E-state index contributed by atoms with van der Waals surface area (Å²) in [5, 5.41) is 6.08. The number of hydrogen-bond acceptors (Lipinski definition) is 5. The van der Waals surface area contributed by atoms with Crippen LogP contribution in [0.4, 0.5) is 16.2 Å². The van der Waals surface area contributed by atoms with Crippen LogP contribution in [-0.2, 0) is 6.54 Å². The van der Waals surface area contributed by atoms with Crippen LogP contribution in [0.2, 0.25) is 0 Å². The Morgan fingerprint density at radius 1 is 0.848 bits per heavy atom. The van der Waals surface area contributed by atoms with E-state index in [1.165, 1.54) is 19.3 Å². The number of rotatable bonds is 14. The van der Waals surface area contributed by atoms with Gasteiger partial charge in [-0.2, -0.15) is 0 Å². The molecule has 2 N–H and O–H groups in total. The van der Waals surface area contributed by atoms with Crippen LogP contribution in [0, 0.1) is 0 Å². The second-order valence-electron chi connectivity index (χ2n) is 13.2. The van der Waals surface area contributed by atoms with E-state index in [9.17, 15) is 9.59 Å². The molecule has 0 spiro atoms. The molecule has 46 heavy (non-hydrogen) atoms. The standard InChI is InChI=1S/C38H54N4O4/c1-8-9-21-42-22-18-33(32-17-16-29(25-34(32)46-28(6)7)45-24-23-41-19-11-10-12-20-41)36(37(42)43)40-38(44)39-35-30(26(2)3)14-13-15-31(35)27(4)5/h13-18,22,25-28H,8-12,19-21,23-24H2,1-7H3,(H2,39,40,44). The van der Waals surface area contributed by atoms with Crippen molar-refractivity contribution >= 4 is 17.4 Å². The van der Waals surface area contributed by atoms with Crippen LogP contribution < -0.4 is 25.7 Å². The normalized spacial score (nSPS) is 13.8. The van der Waals surface area contributed by atoms with Crippen molar-refractivity contribution in [3.63, 3.8) is 0 Å². The molecule has 4 rings (SSSR count). The molecule has 2 heterocycles. The van der Waals surface area contributed by atoms with Crippen molar-refractivity contribution in [3.8, 4) is 22.6 Å². The topological polar surface area (TPSA) is 84.8 Å². The van der Waals surface area contributed by atoms with E-state index in [1.54, 1.807) is 4.57 Å². The summed E-state index contributed by atoms with van der Waals surface area (Å²) in [6.07, 6.45) is 7.31. The molecule has 1 fully saturated rings. The zero-order valence-electron chi connectivity index (χ0n) is 28.9. The van der Waals surface area contributed by atoms with Crippen LogP contribution in [0.1, 0.15) is 104 Å². The molecule has 0 unspecified atom stereocenters. The van der Waals surface area contributed by atoms with Gasteiger partial charge >= 0.3 is 6.03 Å². The van der Waals surface area contributed by atoms with Crippen molar-refractivity contribution in [1.29, 1.82) is 0 Å². The first kappa shape index (κ1) is 35.1. The number of amides is 2. The van der Waals surface area contributed by atoms with E-state index in [2.05, 4.69) is 50.2 Å². The number of likely N-dealkylation sites (tertiary alicyclic amines) is 1. The van der Waals surface area contributed by atoms with Gasteiger partial charge in [-0.3, -0.25) is 9.69 Å². The number of urea groups is 1. The third-order valence-corrected chi connectivity index (χ3v) is 8.50. The number of hydrogen-bond donors (Lipinski definition) is 2. The molecule has 0 radical (unpaired) electrons. The molecule has 1 aliphatic heterocycles. The molecule has 0 aliphatic carbocycles. The Balaban J connectivity index is 1.69. The quantitative estimate of drug-likeness (QED) is 0.186. The maximum atomic E-state index is 13.9. The number of nitrogens with one attached hydrogen (secondary N) is 2. The van der Waals surface area contributed by atoms with E-state index >= 15 is 0 Å². The Kier molecular flexibility index (Phi) is 12.7. The van der Waals surface area contributed by atoms with E-state index in [0.717, 1.165) is 54.9 Å². The summed E-state index contributed by atoms with van der Waals surface area (Å²) in [6, 6.07) is 13.3. The highest BCUT2D eigenvalue weighted by molar-refractivity contribution is 6.03. The van der Waals surface area contributed by atoms with Crippen molar-refractivity contribution in [3.05, 3.63) is 70.1 Å². The number of para-hydroxylation sites is 1. The minimum absolute atomic E-state index is 0.103. The monoisotopic (exact) mass is 630 g/mol. The third-order valence-electron chi connectivity index (χ3n) is 8.50. The van der Waals surface area contributed by atoms with Gasteiger partial charge in [0.15, 0.2) is 0 Å². The zero-order chi connectivity index (χ0) is 33.2. The van der Waals surface area contributed by atoms with Crippen molar-refractivity contribution in [2.75, 3.05) is 36.9 Å². The number of nitrogens with zero attached hydrogens (tertiary/aromatic N) is 2. The van der Waals surface area contributed by atoms with E-state index in [-0.39, 0.29) is 29.2 Å². The van der Waals surface area contributed by atoms with Crippen LogP contribution in [0.3, 0.4) is 0 Å². The average Bonchev–Trinajstić information content (AvgIpc) is 3.02. The number of unbranched alkanes of at least 4 members (excludes halogenated alkanes) is 1. The van der Waals surface area contributed by atoms with E-state index in [4.69, 9.17) is 9.47 Å². The van der Waals surface area contributed by atoms with Crippen molar-refractivity contribution < 1.29 is 14.3 Å². The minimum atomic E-state index is -0.453. The van der Waals surface area contributed by atoms with E-state index < -0.39 is 6.03 Å². The molecule has 3 aromatic rings. The average molecular weight is 631 g/mol. The zero-order valence-corrected chi connectivity index (χ0v) is 28.9. The molecular formula is C38H54N4O4. The molecule has 8 heteroatoms. The maximum absolute atomic E-state index is 13.9. The number of benzene rings is 2. The number of aromatic nitrogens is 1. The molecule has 0 atom stereocenters. The van der Waals surface area contributed by atoms with Gasteiger partial charge in [0.2, 0.25) is 0 Å². The van der Waals surface area contributed by atoms with Crippen LogP contribution in [0.5, 0.6) is 11.5 Å². The number of pyridine rings is 1. The highest BCUT2D eigenvalue weighted by Gasteiger charge is 2.21. The van der Waals surface area contributed by atoms with Gasteiger partial charge in [-0.1, -0.05) is 65.7 Å². The molecule has 1 aliphatic rings. The fraction of sp³-hybridized carbons (Fsp3) is 0.526. The molecule has 1 aromatic heterocycles. The Morgan fingerprint density at radius 3 is 2.15 bits per heavy atom. The summed E-state index contributed by atoms with van der Waals surface area (Å²) in [5.41, 5.74) is 4.19. The Bertz CT molecular complexity index is 1480. The van der Waals surface area contributed by atoms with Crippen LogP contribution in [0.25, 0.3) is 11.1 Å². The predicted octanol–water partition coefficient (Wildman–Crippen LogP) is 8.86. The lowest BCUT2D eigenvalue weighted by Gasteiger charge is -2.26. The fourth-order valence-electron chi connectivity index (χ4n) is 6.02. The molecule has 250 valence electrons. The number of carbonyl (C=O) groups excluding carboxylic acids is 1. The fourth-order valence-corrected chi connectivity index (χ4v) is 6.02. The number of carbonyl (C=O) groups is 1. The van der Waals surface area contributed by atoms with Gasteiger partial charge in [-0.25, -0.2) is 4.79 Å². The molecular weight excluding hydrogens is 576 g/mol. The summed E-state index contributed by atoms with van der Waals surface area (Å²) in [4.78, 5) is 30.1. The largest absolute Gasteiger partial charge is 0.492 e. The number of ether oxygens (including phenoxy) is 2. The van der Waals surface area contributed by atoms with Crippen molar-refractivity contribution in [2.24, 2.45) is 0 Å². The number of aryl methyl sites for hydroxylation is 1. The first-order valence-electron chi connectivity index (χ1n) is 17.2.